The van der Waals surface area contributed by atoms with Crippen molar-refractivity contribution in [2.75, 3.05) is 0 Å². The molecule has 0 aliphatic carbocycles. The largest absolute Gasteiger partial charge is 0.303 e. The van der Waals surface area contributed by atoms with Gasteiger partial charge in [-0.1, -0.05) is 44.8 Å². The average Bonchev–Trinajstić information content (AvgIpc) is 2.16. The van der Waals surface area contributed by atoms with Gasteiger partial charge in [0.1, 0.15) is 6.29 Å². The highest BCUT2D eigenvalue weighted by atomic mass is 79.9. The predicted octanol–water partition coefficient (Wildman–Crippen LogP) is 3.98. The van der Waals surface area contributed by atoms with Crippen molar-refractivity contribution in [1.29, 1.82) is 0 Å². The van der Waals surface area contributed by atoms with E-state index < -0.39 is 0 Å². The highest BCUT2D eigenvalue weighted by Crippen LogP contribution is 2.26. The van der Waals surface area contributed by atoms with Crippen molar-refractivity contribution < 1.29 is 4.79 Å². The molecular formula is C11H12Br2O. The Bertz CT molecular complexity index is 303. The number of aldehydes is 1. The van der Waals surface area contributed by atoms with E-state index in [9.17, 15) is 4.79 Å². The first-order valence-corrected chi connectivity index (χ1v) is 6.12. The Hall–Kier alpha value is -0.150. The van der Waals surface area contributed by atoms with E-state index in [4.69, 9.17) is 0 Å². The second kappa shape index (κ2) is 5.66. The van der Waals surface area contributed by atoms with E-state index in [0.29, 0.717) is 0 Å². The number of rotatable bonds is 4. The molecule has 0 aromatic heterocycles. The molecule has 0 heterocycles. The first-order valence-electron chi connectivity index (χ1n) is 4.53. The minimum absolute atomic E-state index is 0.133. The summed E-state index contributed by atoms with van der Waals surface area (Å²) in [4.78, 5) is 10.5. The molecule has 76 valence electrons. The van der Waals surface area contributed by atoms with Gasteiger partial charge in [-0.2, -0.15) is 0 Å². The molecule has 0 fully saturated rings. The molecule has 0 bridgehead atoms. The lowest BCUT2D eigenvalue weighted by molar-refractivity contribution is -0.110. The van der Waals surface area contributed by atoms with Crippen LogP contribution in [0, 0.1) is 5.92 Å². The number of carbonyl (C=O) groups is 1. The van der Waals surface area contributed by atoms with Crippen LogP contribution in [0.4, 0.5) is 0 Å². The fourth-order valence-corrected chi connectivity index (χ4v) is 2.61. The van der Waals surface area contributed by atoms with E-state index in [2.05, 4.69) is 31.9 Å². The summed E-state index contributed by atoms with van der Waals surface area (Å²) in [5, 5.41) is 0. The van der Waals surface area contributed by atoms with Gasteiger partial charge in [-0.3, -0.25) is 0 Å². The normalized spacial score (nSPS) is 12.5. The summed E-state index contributed by atoms with van der Waals surface area (Å²) in [5.74, 6) is 0.133. The van der Waals surface area contributed by atoms with E-state index in [1.54, 1.807) is 0 Å². The third-order valence-corrected chi connectivity index (χ3v) is 3.63. The SMILES string of the molecule is C[C@H](C=O)CCc1c(Br)cccc1Br. The van der Waals surface area contributed by atoms with Crippen LogP contribution >= 0.6 is 31.9 Å². The molecule has 0 saturated heterocycles. The smallest absolute Gasteiger partial charge is 0.122 e. The number of halogens is 2. The minimum atomic E-state index is 0.133. The van der Waals surface area contributed by atoms with Gasteiger partial charge in [0.25, 0.3) is 0 Å². The van der Waals surface area contributed by atoms with Crippen LogP contribution in [0.3, 0.4) is 0 Å². The van der Waals surface area contributed by atoms with Crippen molar-refractivity contribution in [2.45, 2.75) is 19.8 Å². The van der Waals surface area contributed by atoms with Crippen LogP contribution in [-0.4, -0.2) is 6.29 Å². The Morgan fingerprint density at radius 1 is 1.36 bits per heavy atom. The summed E-state index contributed by atoms with van der Waals surface area (Å²) < 4.78 is 2.20. The number of benzene rings is 1. The monoisotopic (exact) mass is 318 g/mol. The molecule has 0 radical (unpaired) electrons. The van der Waals surface area contributed by atoms with E-state index >= 15 is 0 Å². The predicted molar refractivity (Wildman–Crippen MR) is 65.4 cm³/mol. The molecule has 14 heavy (non-hydrogen) atoms. The quantitative estimate of drug-likeness (QED) is 0.767. The fourth-order valence-electron chi connectivity index (χ4n) is 1.21. The molecule has 0 saturated carbocycles. The Morgan fingerprint density at radius 2 is 1.93 bits per heavy atom. The second-order valence-electron chi connectivity index (χ2n) is 3.35. The van der Waals surface area contributed by atoms with Crippen LogP contribution in [0.1, 0.15) is 18.9 Å². The topological polar surface area (TPSA) is 17.1 Å². The summed E-state index contributed by atoms with van der Waals surface area (Å²) in [7, 11) is 0. The molecule has 0 spiro atoms. The van der Waals surface area contributed by atoms with Crippen molar-refractivity contribution in [3.8, 4) is 0 Å². The third-order valence-electron chi connectivity index (χ3n) is 2.14. The van der Waals surface area contributed by atoms with Crippen molar-refractivity contribution in [3.05, 3.63) is 32.7 Å². The van der Waals surface area contributed by atoms with Gasteiger partial charge in [-0.15, -0.1) is 0 Å². The molecule has 1 aromatic rings. The summed E-state index contributed by atoms with van der Waals surface area (Å²) in [6.45, 7) is 1.94. The highest BCUT2D eigenvalue weighted by Gasteiger charge is 2.06. The minimum Gasteiger partial charge on any atom is -0.303 e. The maximum Gasteiger partial charge on any atom is 0.122 e. The zero-order valence-corrected chi connectivity index (χ0v) is 11.1. The molecule has 0 N–H and O–H groups in total. The molecular weight excluding hydrogens is 308 g/mol. The summed E-state index contributed by atoms with van der Waals surface area (Å²) >= 11 is 7.00. The first kappa shape index (κ1) is 11.9. The maximum absolute atomic E-state index is 10.5. The van der Waals surface area contributed by atoms with Crippen LogP contribution in [0.5, 0.6) is 0 Å². The molecule has 0 amide bonds. The van der Waals surface area contributed by atoms with Crippen molar-refractivity contribution in [1.82, 2.24) is 0 Å². The van der Waals surface area contributed by atoms with Crippen molar-refractivity contribution in [3.63, 3.8) is 0 Å². The van der Waals surface area contributed by atoms with Crippen LogP contribution < -0.4 is 0 Å². The van der Waals surface area contributed by atoms with Gasteiger partial charge in [0, 0.05) is 14.9 Å². The second-order valence-corrected chi connectivity index (χ2v) is 5.06. The van der Waals surface area contributed by atoms with Crippen molar-refractivity contribution >= 4 is 38.1 Å². The Labute approximate surface area is 101 Å². The van der Waals surface area contributed by atoms with Gasteiger partial charge < -0.3 is 4.79 Å². The van der Waals surface area contributed by atoms with Crippen molar-refractivity contribution in [2.24, 2.45) is 5.92 Å². The molecule has 0 unspecified atom stereocenters. The van der Waals surface area contributed by atoms with Gasteiger partial charge >= 0.3 is 0 Å². The van der Waals surface area contributed by atoms with E-state index in [0.717, 1.165) is 28.1 Å². The van der Waals surface area contributed by atoms with E-state index in [-0.39, 0.29) is 5.92 Å². The van der Waals surface area contributed by atoms with Gasteiger partial charge in [0.05, 0.1) is 0 Å². The molecule has 1 atom stereocenters. The Balaban J connectivity index is 2.71. The number of carbonyl (C=O) groups excluding carboxylic acids is 1. The molecule has 1 rings (SSSR count). The summed E-state index contributed by atoms with van der Waals surface area (Å²) in [6.07, 6.45) is 2.82. The van der Waals surface area contributed by atoms with E-state index in [1.165, 1.54) is 5.56 Å². The first-order chi connectivity index (χ1) is 6.65. The van der Waals surface area contributed by atoms with Gasteiger partial charge in [0.15, 0.2) is 0 Å². The zero-order chi connectivity index (χ0) is 10.6. The summed E-state index contributed by atoms with van der Waals surface area (Å²) in [6, 6.07) is 6.03. The lowest BCUT2D eigenvalue weighted by Crippen LogP contribution is -1.99. The summed E-state index contributed by atoms with van der Waals surface area (Å²) in [5.41, 5.74) is 1.24. The van der Waals surface area contributed by atoms with Gasteiger partial charge in [-0.05, 0) is 30.5 Å². The van der Waals surface area contributed by atoms with Gasteiger partial charge in [0.2, 0.25) is 0 Å². The van der Waals surface area contributed by atoms with Crippen LogP contribution in [-0.2, 0) is 11.2 Å². The molecule has 1 nitrogen and oxygen atoms in total. The maximum atomic E-state index is 10.5. The van der Waals surface area contributed by atoms with Crippen LogP contribution in [0.15, 0.2) is 27.1 Å². The van der Waals surface area contributed by atoms with Gasteiger partial charge in [-0.25, -0.2) is 0 Å². The van der Waals surface area contributed by atoms with E-state index in [1.807, 2.05) is 25.1 Å². The lowest BCUT2D eigenvalue weighted by atomic mass is 10.0. The third kappa shape index (κ3) is 3.21. The lowest BCUT2D eigenvalue weighted by Gasteiger charge is -2.08. The molecule has 0 aliphatic rings. The number of hydrogen-bond acceptors (Lipinski definition) is 1. The zero-order valence-electron chi connectivity index (χ0n) is 7.97. The average molecular weight is 320 g/mol. The number of hydrogen-bond donors (Lipinski definition) is 0. The highest BCUT2D eigenvalue weighted by molar-refractivity contribution is 9.11. The van der Waals surface area contributed by atoms with Crippen LogP contribution in [0.2, 0.25) is 0 Å². The standard InChI is InChI=1S/C11H12Br2O/c1-8(7-14)5-6-9-10(12)3-2-4-11(9)13/h2-4,7-8H,5-6H2,1H3/t8-/m0/s1. The molecule has 0 aliphatic heterocycles. The van der Waals surface area contributed by atoms with Crippen LogP contribution in [0.25, 0.3) is 0 Å². The Morgan fingerprint density at radius 3 is 2.43 bits per heavy atom. The molecule has 3 heteroatoms. The molecule has 1 aromatic carbocycles. The fraction of sp³-hybridized carbons (Fsp3) is 0.364. The Kier molecular flexibility index (Phi) is 4.82.